The average molecular weight is 363 g/mol. The lowest BCUT2D eigenvalue weighted by Crippen LogP contribution is -2.21. The van der Waals surface area contributed by atoms with Gasteiger partial charge in [0.15, 0.2) is 11.5 Å². The molecule has 0 unspecified atom stereocenters. The van der Waals surface area contributed by atoms with Crippen molar-refractivity contribution < 1.29 is 9.47 Å². The number of nitrogens with one attached hydrogen (secondary N) is 1. The molecule has 0 amide bonds. The molecule has 2 aromatic rings. The third-order valence-corrected chi connectivity index (χ3v) is 4.03. The van der Waals surface area contributed by atoms with E-state index in [-0.39, 0.29) is 0 Å². The summed E-state index contributed by atoms with van der Waals surface area (Å²) in [6.45, 7) is 3.36. The summed E-state index contributed by atoms with van der Waals surface area (Å²) in [7, 11) is 5.84. The Bertz CT molecular complexity index is 662. The van der Waals surface area contributed by atoms with Crippen LogP contribution in [-0.4, -0.2) is 39.2 Å². The van der Waals surface area contributed by atoms with E-state index in [1.807, 2.05) is 36.4 Å². The van der Waals surface area contributed by atoms with Crippen molar-refractivity contribution in [3.63, 3.8) is 0 Å². The van der Waals surface area contributed by atoms with Gasteiger partial charge in [0.1, 0.15) is 6.61 Å². The summed E-state index contributed by atoms with van der Waals surface area (Å²) in [5.41, 5.74) is 2.21. The van der Waals surface area contributed by atoms with Gasteiger partial charge in [-0.05, 0) is 69.0 Å². The number of benzene rings is 2. The molecule has 136 valence electrons. The Morgan fingerprint density at radius 3 is 2.60 bits per heavy atom. The Kier molecular flexibility index (Phi) is 8.06. The second kappa shape index (κ2) is 10.3. The lowest BCUT2D eigenvalue weighted by atomic mass is 10.2. The van der Waals surface area contributed by atoms with E-state index in [1.54, 1.807) is 7.11 Å². The molecule has 1 N–H and O–H groups in total. The summed E-state index contributed by atoms with van der Waals surface area (Å²) in [6, 6.07) is 13.7. The molecule has 0 aromatic heterocycles. The quantitative estimate of drug-likeness (QED) is 0.648. The second-order valence-electron chi connectivity index (χ2n) is 6.24. The maximum Gasteiger partial charge on any atom is 0.161 e. The minimum atomic E-state index is 0.457. The third-order valence-electron chi connectivity index (χ3n) is 3.80. The van der Waals surface area contributed by atoms with E-state index in [0.29, 0.717) is 11.6 Å². The van der Waals surface area contributed by atoms with Crippen LogP contribution in [0.4, 0.5) is 0 Å². The number of methoxy groups -OCH3 is 1. The van der Waals surface area contributed by atoms with Gasteiger partial charge in [0, 0.05) is 11.6 Å². The lowest BCUT2D eigenvalue weighted by Gasteiger charge is -2.13. The summed E-state index contributed by atoms with van der Waals surface area (Å²) in [5.74, 6) is 1.48. The highest BCUT2D eigenvalue weighted by molar-refractivity contribution is 6.30. The van der Waals surface area contributed by atoms with Crippen molar-refractivity contribution in [3.8, 4) is 11.5 Å². The topological polar surface area (TPSA) is 33.7 Å². The highest BCUT2D eigenvalue weighted by Crippen LogP contribution is 2.29. The molecule has 0 bridgehead atoms. The predicted molar refractivity (Wildman–Crippen MR) is 104 cm³/mol. The van der Waals surface area contributed by atoms with Gasteiger partial charge < -0.3 is 19.7 Å². The number of hydrogen-bond acceptors (Lipinski definition) is 4. The van der Waals surface area contributed by atoms with Crippen molar-refractivity contribution in [3.05, 3.63) is 58.6 Å². The minimum Gasteiger partial charge on any atom is -0.493 e. The maximum absolute atomic E-state index is 6.00. The van der Waals surface area contributed by atoms with Crippen molar-refractivity contribution >= 4 is 11.6 Å². The predicted octanol–water partition coefficient (Wildman–Crippen LogP) is 3.97. The number of hydrogen-bond donors (Lipinski definition) is 1. The first kappa shape index (κ1) is 19.6. The van der Waals surface area contributed by atoms with E-state index in [9.17, 15) is 0 Å². The zero-order valence-electron chi connectivity index (χ0n) is 15.2. The van der Waals surface area contributed by atoms with Gasteiger partial charge in [-0.15, -0.1) is 0 Å². The molecular formula is C20H27ClN2O2. The summed E-state index contributed by atoms with van der Waals surface area (Å²) >= 11 is 6.00. The molecule has 25 heavy (non-hydrogen) atoms. The summed E-state index contributed by atoms with van der Waals surface area (Å²) < 4.78 is 11.4. The van der Waals surface area contributed by atoms with Crippen molar-refractivity contribution in [2.45, 2.75) is 19.6 Å². The highest BCUT2D eigenvalue weighted by atomic mass is 35.5. The molecular weight excluding hydrogens is 336 g/mol. The Balaban J connectivity index is 1.87. The van der Waals surface area contributed by atoms with Crippen LogP contribution >= 0.6 is 11.6 Å². The normalized spacial score (nSPS) is 10.9. The number of rotatable bonds is 10. The summed E-state index contributed by atoms with van der Waals surface area (Å²) in [4.78, 5) is 2.19. The van der Waals surface area contributed by atoms with Crippen LogP contribution < -0.4 is 14.8 Å². The first-order chi connectivity index (χ1) is 12.1. The largest absolute Gasteiger partial charge is 0.493 e. The molecule has 2 rings (SSSR count). The fourth-order valence-electron chi connectivity index (χ4n) is 2.48. The molecule has 0 heterocycles. The van der Waals surface area contributed by atoms with Crippen LogP contribution in [0.3, 0.4) is 0 Å². The molecule has 0 aliphatic carbocycles. The van der Waals surface area contributed by atoms with E-state index in [0.717, 1.165) is 43.1 Å². The molecule has 0 spiro atoms. The summed E-state index contributed by atoms with van der Waals surface area (Å²) in [5, 5.41) is 4.17. The fourth-order valence-corrected chi connectivity index (χ4v) is 2.69. The molecule has 4 nitrogen and oxygen atoms in total. The number of nitrogens with zero attached hydrogens (tertiary/aromatic N) is 1. The van der Waals surface area contributed by atoms with Crippen LogP contribution in [0.25, 0.3) is 0 Å². The van der Waals surface area contributed by atoms with Crippen molar-refractivity contribution in [1.82, 2.24) is 10.2 Å². The van der Waals surface area contributed by atoms with Crippen LogP contribution in [0.1, 0.15) is 17.5 Å². The second-order valence-corrected chi connectivity index (χ2v) is 6.67. The first-order valence-corrected chi connectivity index (χ1v) is 8.86. The number of halogens is 1. The summed E-state index contributed by atoms with van der Waals surface area (Å²) in [6.07, 6.45) is 1.13. The molecule has 0 atom stereocenters. The van der Waals surface area contributed by atoms with Gasteiger partial charge in [-0.3, -0.25) is 0 Å². The fraction of sp³-hybridized carbons (Fsp3) is 0.400. The van der Waals surface area contributed by atoms with E-state index >= 15 is 0 Å². The third kappa shape index (κ3) is 6.94. The van der Waals surface area contributed by atoms with Crippen LogP contribution in [0, 0.1) is 0 Å². The van der Waals surface area contributed by atoms with Gasteiger partial charge >= 0.3 is 0 Å². The molecule has 5 heteroatoms. The van der Waals surface area contributed by atoms with Crippen LogP contribution in [0.15, 0.2) is 42.5 Å². The molecule has 0 aliphatic rings. The van der Waals surface area contributed by atoms with Gasteiger partial charge in [-0.1, -0.05) is 29.8 Å². The number of ether oxygens (including phenoxy) is 2. The van der Waals surface area contributed by atoms with Gasteiger partial charge in [0.05, 0.1) is 7.11 Å². The monoisotopic (exact) mass is 362 g/mol. The van der Waals surface area contributed by atoms with Gasteiger partial charge in [0.2, 0.25) is 0 Å². The van der Waals surface area contributed by atoms with Crippen molar-refractivity contribution in [2.24, 2.45) is 0 Å². The van der Waals surface area contributed by atoms with Crippen molar-refractivity contribution in [2.75, 3.05) is 34.3 Å². The molecule has 0 fully saturated rings. The van der Waals surface area contributed by atoms with Gasteiger partial charge in [-0.25, -0.2) is 0 Å². The Morgan fingerprint density at radius 1 is 1.04 bits per heavy atom. The first-order valence-electron chi connectivity index (χ1n) is 8.48. The Labute approximate surface area is 155 Å². The Hall–Kier alpha value is -1.75. The standard InChI is InChI=1S/C20H27ClN2O2/c1-23(2)11-5-10-22-14-16-8-9-19(20(13-16)24-3)25-15-17-6-4-7-18(21)12-17/h4,6-9,12-13,22H,5,10-11,14-15H2,1-3H3. The average Bonchev–Trinajstić information content (AvgIpc) is 2.60. The molecule has 0 aliphatic heterocycles. The van der Waals surface area contributed by atoms with Crippen LogP contribution in [0.2, 0.25) is 5.02 Å². The van der Waals surface area contributed by atoms with E-state index in [1.165, 1.54) is 5.56 Å². The Morgan fingerprint density at radius 2 is 1.88 bits per heavy atom. The van der Waals surface area contributed by atoms with Crippen molar-refractivity contribution in [1.29, 1.82) is 0 Å². The smallest absolute Gasteiger partial charge is 0.161 e. The zero-order chi connectivity index (χ0) is 18.1. The van der Waals surface area contributed by atoms with Crippen LogP contribution in [0.5, 0.6) is 11.5 Å². The van der Waals surface area contributed by atoms with Gasteiger partial charge in [0.25, 0.3) is 0 Å². The lowest BCUT2D eigenvalue weighted by molar-refractivity contribution is 0.284. The SMILES string of the molecule is COc1cc(CNCCCN(C)C)ccc1OCc1cccc(Cl)c1. The minimum absolute atomic E-state index is 0.457. The van der Waals surface area contributed by atoms with Gasteiger partial charge in [-0.2, -0.15) is 0 Å². The van der Waals surface area contributed by atoms with E-state index < -0.39 is 0 Å². The van der Waals surface area contributed by atoms with Crippen LogP contribution in [-0.2, 0) is 13.2 Å². The van der Waals surface area contributed by atoms with E-state index in [4.69, 9.17) is 21.1 Å². The molecule has 0 saturated heterocycles. The highest BCUT2D eigenvalue weighted by Gasteiger charge is 2.06. The van der Waals surface area contributed by atoms with E-state index in [2.05, 4.69) is 30.4 Å². The molecule has 0 radical (unpaired) electrons. The zero-order valence-corrected chi connectivity index (χ0v) is 16.0. The molecule has 2 aromatic carbocycles. The molecule has 0 saturated carbocycles. The maximum atomic E-state index is 6.00.